The van der Waals surface area contributed by atoms with Crippen LogP contribution in [0, 0.1) is 5.92 Å². The van der Waals surface area contributed by atoms with Gasteiger partial charge >= 0.3 is 5.97 Å². The van der Waals surface area contributed by atoms with Crippen LogP contribution in [0.3, 0.4) is 0 Å². The van der Waals surface area contributed by atoms with E-state index in [-0.39, 0.29) is 11.6 Å². The Bertz CT molecular complexity index is 246. The molecule has 1 aliphatic rings. The zero-order valence-corrected chi connectivity index (χ0v) is 9.59. The molecular weight excluding hydrogens is 176 g/mol. The Balaban J connectivity index is 2.55. The fraction of sp³-hybridized carbons (Fsp3) is 0.750. The molecule has 0 fully saturated rings. The van der Waals surface area contributed by atoms with Crippen LogP contribution in [0.1, 0.15) is 47.0 Å². The van der Waals surface area contributed by atoms with E-state index in [1.54, 1.807) is 0 Å². The zero-order chi connectivity index (χ0) is 10.8. The van der Waals surface area contributed by atoms with E-state index in [9.17, 15) is 4.79 Å². The monoisotopic (exact) mass is 196 g/mol. The van der Waals surface area contributed by atoms with Crippen LogP contribution >= 0.6 is 0 Å². The van der Waals surface area contributed by atoms with Crippen LogP contribution in [0.25, 0.3) is 0 Å². The van der Waals surface area contributed by atoms with Crippen LogP contribution < -0.4 is 0 Å². The van der Waals surface area contributed by atoms with Crippen molar-refractivity contribution in [3.8, 4) is 0 Å². The van der Waals surface area contributed by atoms with Gasteiger partial charge in [-0.3, -0.25) is 0 Å². The molecule has 0 saturated carbocycles. The number of hydrogen-bond donors (Lipinski definition) is 0. The molecule has 0 bridgehead atoms. The lowest BCUT2D eigenvalue weighted by molar-refractivity contribution is -0.149. The van der Waals surface area contributed by atoms with Gasteiger partial charge in [-0.2, -0.15) is 0 Å². The van der Waals surface area contributed by atoms with Crippen LogP contribution in [-0.4, -0.2) is 11.6 Å². The summed E-state index contributed by atoms with van der Waals surface area (Å²) in [4.78, 5) is 11.6. The minimum Gasteiger partial charge on any atom is -0.457 e. The maximum Gasteiger partial charge on any atom is 0.334 e. The Morgan fingerprint density at radius 3 is 2.64 bits per heavy atom. The molecule has 0 aromatic carbocycles. The predicted octanol–water partition coefficient (Wildman–Crippen LogP) is 3.07. The van der Waals surface area contributed by atoms with Gasteiger partial charge < -0.3 is 4.74 Å². The van der Waals surface area contributed by atoms with E-state index in [1.165, 1.54) is 0 Å². The average molecular weight is 196 g/mol. The van der Waals surface area contributed by atoms with Crippen molar-refractivity contribution >= 4 is 5.97 Å². The van der Waals surface area contributed by atoms with Crippen LogP contribution in [0.2, 0.25) is 0 Å². The molecule has 14 heavy (non-hydrogen) atoms. The molecule has 80 valence electrons. The Morgan fingerprint density at radius 1 is 1.57 bits per heavy atom. The van der Waals surface area contributed by atoms with Crippen molar-refractivity contribution in [2.75, 3.05) is 0 Å². The molecule has 1 aliphatic carbocycles. The lowest BCUT2D eigenvalue weighted by Gasteiger charge is -2.19. The largest absolute Gasteiger partial charge is 0.457 e. The summed E-state index contributed by atoms with van der Waals surface area (Å²) in [7, 11) is 0. The molecule has 2 nitrogen and oxygen atoms in total. The molecular formula is C12H20O2. The van der Waals surface area contributed by atoms with E-state index >= 15 is 0 Å². The quantitative estimate of drug-likeness (QED) is 0.634. The molecule has 0 amide bonds. The maximum absolute atomic E-state index is 11.6. The maximum atomic E-state index is 11.6. The summed E-state index contributed by atoms with van der Waals surface area (Å²) in [6, 6.07) is 0. The highest BCUT2D eigenvalue weighted by Crippen LogP contribution is 2.28. The summed E-state index contributed by atoms with van der Waals surface area (Å²) in [6.45, 7) is 7.85. The SMILES string of the molecule is CC[C@H]1C=C(C(=O)OC(C)(C)C)CC1. The van der Waals surface area contributed by atoms with E-state index in [1.807, 2.05) is 20.8 Å². The van der Waals surface area contributed by atoms with E-state index in [0.717, 1.165) is 24.8 Å². The standard InChI is InChI=1S/C12H20O2/c1-5-9-6-7-10(8-9)11(13)14-12(2,3)4/h8-9H,5-7H2,1-4H3/t9-/m1/s1. The van der Waals surface area contributed by atoms with Gasteiger partial charge in [-0.25, -0.2) is 4.79 Å². The average Bonchev–Trinajstić information content (AvgIpc) is 2.48. The van der Waals surface area contributed by atoms with E-state index in [0.29, 0.717) is 5.92 Å². The number of allylic oxidation sites excluding steroid dienone is 1. The van der Waals surface area contributed by atoms with Crippen LogP contribution in [0.5, 0.6) is 0 Å². The fourth-order valence-corrected chi connectivity index (χ4v) is 1.63. The van der Waals surface area contributed by atoms with Gasteiger partial charge in [0.1, 0.15) is 5.60 Å². The third-order valence-corrected chi connectivity index (χ3v) is 2.41. The lowest BCUT2D eigenvalue weighted by Crippen LogP contribution is -2.24. The Kier molecular flexibility index (Phi) is 3.35. The summed E-state index contributed by atoms with van der Waals surface area (Å²) in [5.41, 5.74) is 0.495. The molecule has 0 aliphatic heterocycles. The van der Waals surface area contributed by atoms with Crippen LogP contribution in [0.15, 0.2) is 11.6 Å². The molecule has 0 aromatic rings. The summed E-state index contributed by atoms with van der Waals surface area (Å²) < 4.78 is 5.31. The summed E-state index contributed by atoms with van der Waals surface area (Å²) in [5, 5.41) is 0. The number of ether oxygens (including phenoxy) is 1. The van der Waals surface area contributed by atoms with E-state index in [2.05, 4.69) is 13.0 Å². The third kappa shape index (κ3) is 3.17. The molecule has 0 aromatic heterocycles. The number of rotatable bonds is 2. The van der Waals surface area contributed by atoms with Gasteiger partial charge in [-0.05, 0) is 46.0 Å². The van der Waals surface area contributed by atoms with Crippen LogP contribution in [0.4, 0.5) is 0 Å². The fourth-order valence-electron chi connectivity index (χ4n) is 1.63. The van der Waals surface area contributed by atoms with Gasteiger partial charge in [0.15, 0.2) is 0 Å². The predicted molar refractivity (Wildman–Crippen MR) is 56.9 cm³/mol. The third-order valence-electron chi connectivity index (χ3n) is 2.41. The Labute approximate surface area is 86.3 Å². The first-order chi connectivity index (χ1) is 6.42. The molecule has 0 spiro atoms. The van der Waals surface area contributed by atoms with Gasteiger partial charge in [0.2, 0.25) is 0 Å². The van der Waals surface area contributed by atoms with Crippen molar-refractivity contribution in [1.29, 1.82) is 0 Å². The Morgan fingerprint density at radius 2 is 2.21 bits per heavy atom. The zero-order valence-electron chi connectivity index (χ0n) is 9.59. The van der Waals surface area contributed by atoms with Gasteiger partial charge in [-0.1, -0.05) is 13.0 Å². The van der Waals surface area contributed by atoms with Crippen molar-refractivity contribution in [3.63, 3.8) is 0 Å². The van der Waals surface area contributed by atoms with Crippen molar-refractivity contribution in [2.24, 2.45) is 5.92 Å². The summed E-state index contributed by atoms with van der Waals surface area (Å²) >= 11 is 0. The summed E-state index contributed by atoms with van der Waals surface area (Å²) in [5.74, 6) is 0.450. The van der Waals surface area contributed by atoms with Gasteiger partial charge in [-0.15, -0.1) is 0 Å². The van der Waals surface area contributed by atoms with Gasteiger partial charge in [0.25, 0.3) is 0 Å². The molecule has 0 heterocycles. The van der Waals surface area contributed by atoms with E-state index < -0.39 is 0 Å². The molecule has 0 unspecified atom stereocenters. The first-order valence-corrected chi connectivity index (χ1v) is 5.36. The lowest BCUT2D eigenvalue weighted by atomic mass is 10.1. The first-order valence-electron chi connectivity index (χ1n) is 5.36. The highest BCUT2D eigenvalue weighted by molar-refractivity contribution is 5.89. The second kappa shape index (κ2) is 4.16. The van der Waals surface area contributed by atoms with Gasteiger partial charge in [0, 0.05) is 5.57 Å². The minimum atomic E-state index is -0.373. The second-order valence-electron chi connectivity index (χ2n) is 4.90. The summed E-state index contributed by atoms with van der Waals surface area (Å²) in [6.07, 6.45) is 5.18. The van der Waals surface area contributed by atoms with Crippen LogP contribution in [-0.2, 0) is 9.53 Å². The number of carbonyl (C=O) groups excluding carboxylic acids is 1. The molecule has 0 N–H and O–H groups in total. The number of hydrogen-bond acceptors (Lipinski definition) is 2. The van der Waals surface area contributed by atoms with E-state index in [4.69, 9.17) is 4.74 Å². The molecule has 1 rings (SSSR count). The second-order valence-corrected chi connectivity index (χ2v) is 4.90. The highest BCUT2D eigenvalue weighted by atomic mass is 16.6. The van der Waals surface area contributed by atoms with Crippen molar-refractivity contribution in [3.05, 3.63) is 11.6 Å². The normalized spacial score (nSPS) is 22.0. The molecule has 1 atom stereocenters. The first kappa shape index (κ1) is 11.3. The smallest absolute Gasteiger partial charge is 0.334 e. The Hall–Kier alpha value is -0.790. The number of carbonyl (C=O) groups is 1. The topological polar surface area (TPSA) is 26.3 Å². The minimum absolute atomic E-state index is 0.131. The van der Waals surface area contributed by atoms with Crippen molar-refractivity contribution in [2.45, 2.75) is 52.6 Å². The molecule has 0 saturated heterocycles. The van der Waals surface area contributed by atoms with Gasteiger partial charge in [0.05, 0.1) is 0 Å². The molecule has 2 heteroatoms. The highest BCUT2D eigenvalue weighted by Gasteiger charge is 2.24. The van der Waals surface area contributed by atoms with Crippen molar-refractivity contribution in [1.82, 2.24) is 0 Å². The number of esters is 1. The molecule has 0 radical (unpaired) electrons. The van der Waals surface area contributed by atoms with Crippen molar-refractivity contribution < 1.29 is 9.53 Å².